The van der Waals surface area contributed by atoms with Gasteiger partial charge in [-0.05, 0) is 6.92 Å². The topological polar surface area (TPSA) is 40.9 Å². The van der Waals surface area contributed by atoms with Crippen molar-refractivity contribution in [1.82, 2.24) is 0 Å². The molecule has 0 rings (SSSR count). The summed E-state index contributed by atoms with van der Waals surface area (Å²) in [4.78, 5) is 10.7. The monoisotopic (exact) mass is 197 g/mol. The molecule has 0 aliphatic heterocycles. The minimum Gasteiger partial charge on any atom is -0.666 e. The first-order valence-corrected chi connectivity index (χ1v) is 4.33. The second-order valence-corrected chi connectivity index (χ2v) is 2.35. The van der Waals surface area contributed by atoms with Crippen LogP contribution in [0.3, 0.4) is 0 Å². The SMILES string of the molecule is CC.CCC([NH-])(CC)C(C)=O.[K+]. The zero-order valence-electron chi connectivity index (χ0n) is 9.32. The molecule has 0 aromatic rings. The molecule has 0 atom stereocenters. The molecule has 0 aromatic heterocycles. The van der Waals surface area contributed by atoms with E-state index in [1.807, 2.05) is 27.7 Å². The molecule has 2 nitrogen and oxygen atoms in total. The van der Waals surface area contributed by atoms with Crippen molar-refractivity contribution in [3.63, 3.8) is 0 Å². The summed E-state index contributed by atoms with van der Waals surface area (Å²) in [6.07, 6.45) is 1.25. The Morgan fingerprint density at radius 3 is 1.50 bits per heavy atom. The van der Waals surface area contributed by atoms with Crippen LogP contribution in [0.15, 0.2) is 0 Å². The summed E-state index contributed by atoms with van der Waals surface area (Å²) in [6, 6.07) is 0. The van der Waals surface area contributed by atoms with Gasteiger partial charge in [-0.2, -0.15) is 0 Å². The smallest absolute Gasteiger partial charge is 0.666 e. The molecule has 12 heavy (non-hydrogen) atoms. The zero-order valence-corrected chi connectivity index (χ0v) is 12.4. The van der Waals surface area contributed by atoms with Gasteiger partial charge in [-0.25, -0.2) is 0 Å². The molecule has 0 aliphatic rings. The van der Waals surface area contributed by atoms with Gasteiger partial charge in [0.1, 0.15) is 5.78 Å². The predicted octanol–water partition coefficient (Wildman–Crippen LogP) is 0.217. The van der Waals surface area contributed by atoms with Crippen LogP contribution in [0, 0.1) is 0 Å². The van der Waals surface area contributed by atoms with E-state index < -0.39 is 5.54 Å². The Kier molecular flexibility index (Phi) is 16.3. The maximum Gasteiger partial charge on any atom is 1.00 e. The summed E-state index contributed by atoms with van der Waals surface area (Å²) in [5, 5.41) is 0. The van der Waals surface area contributed by atoms with Crippen molar-refractivity contribution in [2.75, 3.05) is 0 Å². The molecule has 0 spiro atoms. The third-order valence-electron chi connectivity index (χ3n) is 1.88. The molecule has 3 heteroatoms. The Morgan fingerprint density at radius 2 is 1.50 bits per heavy atom. The van der Waals surface area contributed by atoms with Gasteiger partial charge >= 0.3 is 51.4 Å². The van der Waals surface area contributed by atoms with Gasteiger partial charge in [0.25, 0.3) is 0 Å². The molecule has 0 saturated carbocycles. The van der Waals surface area contributed by atoms with Gasteiger partial charge in [0.2, 0.25) is 0 Å². The van der Waals surface area contributed by atoms with E-state index in [1.165, 1.54) is 6.92 Å². The average Bonchev–Trinajstić information content (AvgIpc) is 2.06. The molecule has 0 fully saturated rings. The molecule has 68 valence electrons. The zero-order chi connectivity index (χ0) is 9.49. The molecule has 0 aliphatic carbocycles. The summed E-state index contributed by atoms with van der Waals surface area (Å²) in [5.41, 5.74) is 6.72. The van der Waals surface area contributed by atoms with Crippen LogP contribution in [0.1, 0.15) is 47.5 Å². The fourth-order valence-corrected chi connectivity index (χ4v) is 0.748. The van der Waals surface area contributed by atoms with Gasteiger partial charge in [-0.3, -0.25) is 0 Å². The summed E-state index contributed by atoms with van der Waals surface area (Å²) < 4.78 is 0. The van der Waals surface area contributed by atoms with Gasteiger partial charge in [0.15, 0.2) is 0 Å². The van der Waals surface area contributed by atoms with Crippen LogP contribution in [0.25, 0.3) is 5.73 Å². The van der Waals surface area contributed by atoms with Crippen LogP contribution >= 0.6 is 0 Å². The first-order chi connectivity index (χ1) is 5.06. The molecule has 0 unspecified atom stereocenters. The average molecular weight is 197 g/mol. The molecular formula is C9H20KNO. The van der Waals surface area contributed by atoms with Gasteiger partial charge in [-0.1, -0.05) is 46.1 Å². The van der Waals surface area contributed by atoms with Crippen molar-refractivity contribution in [3.05, 3.63) is 5.73 Å². The molecule has 0 saturated heterocycles. The molecule has 0 bridgehead atoms. The first kappa shape index (κ1) is 18.9. The number of nitrogens with one attached hydrogen (secondary N) is 1. The Hall–Kier alpha value is 1.27. The molecule has 0 heterocycles. The van der Waals surface area contributed by atoms with Gasteiger partial charge < -0.3 is 10.5 Å². The van der Waals surface area contributed by atoms with E-state index in [0.717, 1.165) is 0 Å². The van der Waals surface area contributed by atoms with Gasteiger partial charge in [0, 0.05) is 0 Å². The summed E-state index contributed by atoms with van der Waals surface area (Å²) in [6.45, 7) is 9.23. The number of carbonyl (C=O) groups is 1. The third kappa shape index (κ3) is 6.75. The Balaban J connectivity index is -0.000000249. The normalized spacial score (nSPS) is 9.17. The van der Waals surface area contributed by atoms with Crippen LogP contribution in [0.5, 0.6) is 0 Å². The Labute approximate surface area is 119 Å². The van der Waals surface area contributed by atoms with Crippen molar-refractivity contribution in [2.45, 2.75) is 53.0 Å². The minimum atomic E-state index is -0.806. The van der Waals surface area contributed by atoms with Crippen molar-refractivity contribution in [2.24, 2.45) is 0 Å². The van der Waals surface area contributed by atoms with Crippen LogP contribution < -0.4 is 51.4 Å². The number of ketones is 1. The Morgan fingerprint density at radius 1 is 1.25 bits per heavy atom. The van der Waals surface area contributed by atoms with Crippen molar-refractivity contribution in [3.8, 4) is 0 Å². The second-order valence-electron chi connectivity index (χ2n) is 2.35. The number of hydrogen-bond acceptors (Lipinski definition) is 1. The van der Waals surface area contributed by atoms with Crippen LogP contribution in [0.2, 0.25) is 0 Å². The number of rotatable bonds is 3. The van der Waals surface area contributed by atoms with E-state index >= 15 is 0 Å². The van der Waals surface area contributed by atoms with E-state index in [0.29, 0.717) is 12.8 Å². The summed E-state index contributed by atoms with van der Waals surface area (Å²) in [7, 11) is 0. The summed E-state index contributed by atoms with van der Waals surface area (Å²) in [5.74, 6) is -0.0208. The maximum absolute atomic E-state index is 10.7. The molecular weight excluding hydrogens is 177 g/mol. The Bertz CT molecular complexity index is 111. The minimum absolute atomic E-state index is 0. The quantitative estimate of drug-likeness (QED) is 0.597. The number of hydrogen-bond donors (Lipinski definition) is 0. The number of carbonyl (C=O) groups excluding carboxylic acids is 1. The van der Waals surface area contributed by atoms with Gasteiger partial charge in [0.05, 0.1) is 0 Å². The third-order valence-corrected chi connectivity index (χ3v) is 1.88. The fraction of sp³-hybridized carbons (Fsp3) is 0.889. The predicted molar refractivity (Wildman–Crippen MR) is 49.7 cm³/mol. The van der Waals surface area contributed by atoms with E-state index in [2.05, 4.69) is 0 Å². The summed E-state index contributed by atoms with van der Waals surface area (Å²) >= 11 is 0. The van der Waals surface area contributed by atoms with Crippen molar-refractivity contribution in [1.29, 1.82) is 0 Å². The first-order valence-electron chi connectivity index (χ1n) is 4.33. The fourth-order valence-electron chi connectivity index (χ4n) is 0.748. The van der Waals surface area contributed by atoms with E-state index in [4.69, 9.17) is 5.73 Å². The molecule has 0 aromatic carbocycles. The second kappa shape index (κ2) is 10.3. The molecule has 0 amide bonds. The van der Waals surface area contributed by atoms with E-state index in [-0.39, 0.29) is 57.2 Å². The largest absolute Gasteiger partial charge is 1.00 e. The van der Waals surface area contributed by atoms with E-state index in [9.17, 15) is 4.79 Å². The molecule has 1 N–H and O–H groups in total. The van der Waals surface area contributed by atoms with Crippen LogP contribution in [-0.2, 0) is 4.79 Å². The molecule has 0 radical (unpaired) electrons. The number of Topliss-reactive ketones (excluding diaryl/α,β-unsaturated/α-hetero) is 1. The van der Waals surface area contributed by atoms with E-state index in [1.54, 1.807) is 0 Å². The van der Waals surface area contributed by atoms with Crippen molar-refractivity contribution >= 4 is 5.78 Å². The van der Waals surface area contributed by atoms with Gasteiger partial charge in [-0.15, -0.1) is 0 Å². The van der Waals surface area contributed by atoms with Crippen LogP contribution in [-0.4, -0.2) is 11.3 Å². The standard InChI is InChI=1S/C7H14NO.C2H6.K/c1-4-7(8,5-2)6(3)9;1-2;/h8H,4-5H2,1-3H3;1-2H3;/q-1;;+1. The van der Waals surface area contributed by atoms with Crippen molar-refractivity contribution < 1.29 is 56.2 Å². The maximum atomic E-state index is 10.7. The van der Waals surface area contributed by atoms with Crippen LogP contribution in [0.4, 0.5) is 0 Å².